The maximum absolute atomic E-state index is 12.1. The van der Waals surface area contributed by atoms with Crippen molar-refractivity contribution in [2.45, 2.75) is 19.8 Å². The summed E-state index contributed by atoms with van der Waals surface area (Å²) in [5.41, 5.74) is 5.75. The number of carbonyl (C=O) groups is 1. The van der Waals surface area contributed by atoms with Crippen LogP contribution in [0.5, 0.6) is 0 Å². The number of anilines is 1. The van der Waals surface area contributed by atoms with Gasteiger partial charge in [-0.3, -0.25) is 4.79 Å². The van der Waals surface area contributed by atoms with Gasteiger partial charge in [0.2, 0.25) is 0 Å². The average Bonchev–Trinajstić information content (AvgIpc) is 2.70. The second-order valence-corrected chi connectivity index (χ2v) is 6.25. The molecule has 26 heavy (non-hydrogen) atoms. The molecule has 0 saturated heterocycles. The molecule has 4 heteroatoms. The second kappa shape index (κ2) is 8.81. The first-order chi connectivity index (χ1) is 12.7. The molecule has 0 spiro atoms. The molecule has 0 heterocycles. The van der Waals surface area contributed by atoms with Gasteiger partial charge in [-0.1, -0.05) is 66.7 Å². The van der Waals surface area contributed by atoms with Crippen molar-refractivity contribution in [3.05, 3.63) is 78.4 Å². The number of hydrogen-bond donors (Lipinski definition) is 2. The lowest BCUT2D eigenvalue weighted by molar-refractivity contribution is -0.119. The van der Waals surface area contributed by atoms with Gasteiger partial charge in [-0.25, -0.2) is 5.43 Å². The number of hydrogen-bond acceptors (Lipinski definition) is 3. The Morgan fingerprint density at radius 2 is 1.65 bits per heavy atom. The first-order valence-electron chi connectivity index (χ1n) is 8.80. The molecule has 0 aliphatic heterocycles. The zero-order valence-electron chi connectivity index (χ0n) is 14.9. The molecule has 0 aliphatic carbocycles. The van der Waals surface area contributed by atoms with Gasteiger partial charge in [0.25, 0.3) is 5.91 Å². The highest BCUT2D eigenvalue weighted by molar-refractivity contribution is 5.95. The summed E-state index contributed by atoms with van der Waals surface area (Å²) in [6.45, 7) is 2.12. The van der Waals surface area contributed by atoms with Gasteiger partial charge in [-0.15, -0.1) is 0 Å². The maximum atomic E-state index is 12.1. The third-order valence-electron chi connectivity index (χ3n) is 4.22. The highest BCUT2D eigenvalue weighted by atomic mass is 16.2. The van der Waals surface area contributed by atoms with E-state index in [9.17, 15) is 4.79 Å². The van der Waals surface area contributed by atoms with Crippen LogP contribution in [0.1, 0.15) is 18.9 Å². The van der Waals surface area contributed by atoms with Gasteiger partial charge < -0.3 is 5.32 Å². The Labute approximate surface area is 153 Å². The molecule has 2 N–H and O–H groups in total. The van der Waals surface area contributed by atoms with E-state index in [1.165, 1.54) is 5.56 Å². The Bertz CT molecular complexity index is 898. The van der Waals surface area contributed by atoms with Crippen molar-refractivity contribution in [3.63, 3.8) is 0 Å². The standard InChI is InChI=1S/C22H23N3O/c1-17(14-15-18-8-3-2-4-9-18)24-25-22(26)16-23-21-13-7-11-19-10-5-6-12-20(19)21/h2-13,23H,14-16H2,1H3,(H,25,26)/b24-17-. The van der Waals surface area contributed by atoms with E-state index < -0.39 is 0 Å². The molecule has 0 unspecified atom stereocenters. The van der Waals surface area contributed by atoms with E-state index >= 15 is 0 Å². The molecule has 4 nitrogen and oxygen atoms in total. The number of aryl methyl sites for hydroxylation is 1. The SMILES string of the molecule is C/C(CCc1ccccc1)=N/NC(=O)CNc1cccc2ccccc12. The van der Waals surface area contributed by atoms with Crippen LogP contribution in [0.25, 0.3) is 10.8 Å². The predicted octanol–water partition coefficient (Wildman–Crippen LogP) is 4.38. The normalized spacial score (nSPS) is 11.3. The molecule has 0 radical (unpaired) electrons. The number of nitrogens with one attached hydrogen (secondary N) is 2. The molecular weight excluding hydrogens is 322 g/mol. The van der Waals surface area contributed by atoms with Crippen LogP contribution < -0.4 is 10.7 Å². The molecule has 1 amide bonds. The van der Waals surface area contributed by atoms with Crippen LogP contribution >= 0.6 is 0 Å². The zero-order valence-corrected chi connectivity index (χ0v) is 14.9. The summed E-state index contributed by atoms with van der Waals surface area (Å²) in [5, 5.41) is 9.63. The molecule has 0 aliphatic rings. The van der Waals surface area contributed by atoms with Gasteiger partial charge in [-0.05, 0) is 36.8 Å². The van der Waals surface area contributed by atoms with Crippen molar-refractivity contribution in [1.29, 1.82) is 0 Å². The fourth-order valence-corrected chi connectivity index (χ4v) is 2.78. The topological polar surface area (TPSA) is 53.5 Å². The monoisotopic (exact) mass is 345 g/mol. The van der Waals surface area contributed by atoms with Crippen LogP contribution in [-0.2, 0) is 11.2 Å². The lowest BCUT2D eigenvalue weighted by atomic mass is 10.1. The first kappa shape index (κ1) is 17.7. The molecular formula is C22H23N3O. The molecule has 3 aromatic carbocycles. The van der Waals surface area contributed by atoms with E-state index in [0.29, 0.717) is 0 Å². The summed E-state index contributed by atoms with van der Waals surface area (Å²) in [4.78, 5) is 12.1. The second-order valence-electron chi connectivity index (χ2n) is 6.25. The third kappa shape index (κ3) is 4.93. The van der Waals surface area contributed by atoms with Gasteiger partial charge in [0.05, 0.1) is 6.54 Å². The minimum Gasteiger partial charge on any atom is -0.376 e. The van der Waals surface area contributed by atoms with Gasteiger partial charge in [-0.2, -0.15) is 5.10 Å². The number of nitrogens with zero attached hydrogens (tertiary/aromatic N) is 1. The summed E-state index contributed by atoms with van der Waals surface area (Å²) >= 11 is 0. The van der Waals surface area contributed by atoms with Crippen LogP contribution in [0.15, 0.2) is 77.9 Å². The van der Waals surface area contributed by atoms with Crippen LogP contribution in [0, 0.1) is 0 Å². The predicted molar refractivity (Wildman–Crippen MR) is 108 cm³/mol. The van der Waals surface area contributed by atoms with Gasteiger partial charge >= 0.3 is 0 Å². The fourth-order valence-electron chi connectivity index (χ4n) is 2.78. The van der Waals surface area contributed by atoms with E-state index in [1.54, 1.807) is 0 Å². The smallest absolute Gasteiger partial charge is 0.259 e. The van der Waals surface area contributed by atoms with Crippen molar-refractivity contribution in [2.75, 3.05) is 11.9 Å². The Morgan fingerprint density at radius 1 is 0.923 bits per heavy atom. The summed E-state index contributed by atoms with van der Waals surface area (Å²) in [7, 11) is 0. The van der Waals surface area contributed by atoms with Crippen LogP contribution in [-0.4, -0.2) is 18.2 Å². The van der Waals surface area contributed by atoms with E-state index in [0.717, 1.165) is 35.0 Å². The van der Waals surface area contributed by atoms with Gasteiger partial charge in [0.1, 0.15) is 0 Å². The molecule has 132 valence electrons. The van der Waals surface area contributed by atoms with Crippen molar-refractivity contribution in [3.8, 4) is 0 Å². The Hall–Kier alpha value is -3.14. The minimum absolute atomic E-state index is 0.156. The largest absolute Gasteiger partial charge is 0.376 e. The number of amides is 1. The van der Waals surface area contributed by atoms with Gasteiger partial charge in [0.15, 0.2) is 0 Å². The van der Waals surface area contributed by atoms with Crippen LogP contribution in [0.2, 0.25) is 0 Å². The molecule has 3 aromatic rings. The highest BCUT2D eigenvalue weighted by Crippen LogP contribution is 2.22. The minimum atomic E-state index is -0.156. The van der Waals surface area contributed by atoms with E-state index in [1.807, 2.05) is 55.5 Å². The maximum Gasteiger partial charge on any atom is 0.259 e. The molecule has 0 atom stereocenters. The summed E-state index contributed by atoms with van der Waals surface area (Å²) in [6, 6.07) is 24.4. The Balaban J connectivity index is 1.49. The van der Waals surface area contributed by atoms with Crippen LogP contribution in [0.3, 0.4) is 0 Å². The third-order valence-corrected chi connectivity index (χ3v) is 4.22. The Morgan fingerprint density at radius 3 is 2.50 bits per heavy atom. The number of carbonyl (C=O) groups excluding carboxylic acids is 1. The van der Waals surface area contributed by atoms with E-state index in [2.05, 4.69) is 40.1 Å². The zero-order chi connectivity index (χ0) is 18.2. The quantitative estimate of drug-likeness (QED) is 0.493. The molecule has 0 saturated carbocycles. The molecule has 0 aromatic heterocycles. The highest BCUT2D eigenvalue weighted by Gasteiger charge is 2.03. The lowest BCUT2D eigenvalue weighted by Crippen LogP contribution is -2.26. The van der Waals surface area contributed by atoms with Crippen molar-refractivity contribution in [1.82, 2.24) is 5.43 Å². The van der Waals surface area contributed by atoms with Crippen LogP contribution in [0.4, 0.5) is 5.69 Å². The summed E-state index contributed by atoms with van der Waals surface area (Å²) in [5.74, 6) is -0.156. The fraction of sp³-hybridized carbons (Fsp3) is 0.182. The number of fused-ring (bicyclic) bond motifs is 1. The molecule has 0 bridgehead atoms. The first-order valence-corrected chi connectivity index (χ1v) is 8.80. The summed E-state index contributed by atoms with van der Waals surface area (Å²) < 4.78 is 0. The van der Waals surface area contributed by atoms with Crippen molar-refractivity contribution in [2.24, 2.45) is 5.10 Å². The van der Waals surface area contributed by atoms with Crippen molar-refractivity contribution >= 4 is 28.1 Å². The van der Waals surface area contributed by atoms with E-state index in [4.69, 9.17) is 0 Å². The number of rotatable bonds is 7. The number of hydrazone groups is 1. The average molecular weight is 345 g/mol. The number of benzene rings is 3. The van der Waals surface area contributed by atoms with Gasteiger partial charge in [0, 0.05) is 16.8 Å². The molecule has 3 rings (SSSR count). The lowest BCUT2D eigenvalue weighted by Gasteiger charge is -2.09. The van der Waals surface area contributed by atoms with Crippen molar-refractivity contribution < 1.29 is 4.79 Å². The van der Waals surface area contributed by atoms with E-state index in [-0.39, 0.29) is 12.5 Å². The summed E-state index contributed by atoms with van der Waals surface area (Å²) in [6.07, 6.45) is 1.74. The Kier molecular flexibility index (Phi) is 5.99. The molecule has 0 fully saturated rings.